The lowest BCUT2D eigenvalue weighted by molar-refractivity contribution is 0.102. The molecule has 0 saturated carbocycles. The molecule has 0 bridgehead atoms. The molecule has 0 saturated heterocycles. The van der Waals surface area contributed by atoms with E-state index in [1.807, 2.05) is 31.2 Å². The number of nitrogens with one attached hydrogen (secondary N) is 2. The number of aromatic nitrogens is 3. The van der Waals surface area contributed by atoms with E-state index in [0.29, 0.717) is 22.2 Å². The van der Waals surface area contributed by atoms with Crippen molar-refractivity contribution < 1.29 is 9.18 Å². The highest BCUT2D eigenvalue weighted by Crippen LogP contribution is 2.37. The van der Waals surface area contributed by atoms with E-state index in [4.69, 9.17) is 23.2 Å². The zero-order valence-electron chi connectivity index (χ0n) is 17.9. The number of hydrogen-bond donors (Lipinski definition) is 2. The zero-order valence-corrected chi connectivity index (χ0v) is 19.4. The van der Waals surface area contributed by atoms with Crippen LogP contribution in [-0.2, 0) is 0 Å². The minimum atomic E-state index is -0.701. The van der Waals surface area contributed by atoms with Crippen LogP contribution < -0.4 is 10.6 Å². The molecule has 4 aromatic rings. The van der Waals surface area contributed by atoms with Crippen molar-refractivity contribution in [2.75, 3.05) is 10.6 Å². The Hall–Kier alpha value is -3.68. The molecule has 5 rings (SSSR count). The monoisotopic (exact) mass is 493 g/mol. The SMILES string of the molecule is Cc1ccc(C(=O)Nc2nc3n(n2)[C@@H](c2c(F)cccc2Cl)C=C(c2ccc(Cl)cc2)N3)cc1. The van der Waals surface area contributed by atoms with E-state index in [9.17, 15) is 9.18 Å². The van der Waals surface area contributed by atoms with Crippen LogP contribution >= 0.6 is 23.2 Å². The second-order valence-electron chi connectivity index (χ2n) is 7.82. The molecule has 1 aromatic heterocycles. The van der Waals surface area contributed by atoms with Gasteiger partial charge < -0.3 is 5.32 Å². The summed E-state index contributed by atoms with van der Waals surface area (Å²) in [6, 6.07) is 18.2. The normalized spacial score (nSPS) is 14.7. The van der Waals surface area contributed by atoms with Gasteiger partial charge in [-0.05, 0) is 55.0 Å². The number of carbonyl (C=O) groups is 1. The molecule has 3 aromatic carbocycles. The molecule has 1 aliphatic rings. The van der Waals surface area contributed by atoms with Gasteiger partial charge in [-0.25, -0.2) is 9.07 Å². The number of nitrogens with zero attached hydrogens (tertiary/aromatic N) is 3. The van der Waals surface area contributed by atoms with Crippen molar-refractivity contribution in [1.82, 2.24) is 14.8 Å². The quantitative estimate of drug-likeness (QED) is 0.347. The van der Waals surface area contributed by atoms with Crippen LogP contribution in [0.1, 0.15) is 33.1 Å². The highest BCUT2D eigenvalue weighted by atomic mass is 35.5. The third-order valence-corrected chi connectivity index (χ3v) is 6.04. The van der Waals surface area contributed by atoms with Gasteiger partial charge in [0.25, 0.3) is 11.9 Å². The molecule has 0 radical (unpaired) electrons. The first-order valence-corrected chi connectivity index (χ1v) is 11.2. The first-order chi connectivity index (χ1) is 16.4. The lowest BCUT2D eigenvalue weighted by atomic mass is 10.0. The highest BCUT2D eigenvalue weighted by Gasteiger charge is 2.29. The topological polar surface area (TPSA) is 71.8 Å². The smallest absolute Gasteiger partial charge is 0.258 e. The maximum absolute atomic E-state index is 14.9. The van der Waals surface area contributed by atoms with Gasteiger partial charge in [-0.15, -0.1) is 5.10 Å². The van der Waals surface area contributed by atoms with Crippen LogP contribution in [0.4, 0.5) is 16.3 Å². The molecule has 2 heterocycles. The maximum Gasteiger partial charge on any atom is 0.258 e. The minimum Gasteiger partial charge on any atom is -0.324 e. The summed E-state index contributed by atoms with van der Waals surface area (Å²) in [5, 5.41) is 11.2. The summed E-state index contributed by atoms with van der Waals surface area (Å²) in [4.78, 5) is 17.1. The van der Waals surface area contributed by atoms with Gasteiger partial charge in [0.2, 0.25) is 5.95 Å². The van der Waals surface area contributed by atoms with Gasteiger partial charge in [0.05, 0.1) is 0 Å². The summed E-state index contributed by atoms with van der Waals surface area (Å²) >= 11 is 12.4. The van der Waals surface area contributed by atoms with E-state index in [1.165, 1.54) is 10.7 Å². The van der Waals surface area contributed by atoms with Gasteiger partial charge >= 0.3 is 0 Å². The average Bonchev–Trinajstić information content (AvgIpc) is 3.22. The molecule has 9 heteroatoms. The van der Waals surface area contributed by atoms with Crippen molar-refractivity contribution in [2.45, 2.75) is 13.0 Å². The fourth-order valence-electron chi connectivity index (χ4n) is 3.72. The summed E-state index contributed by atoms with van der Waals surface area (Å²) in [5.74, 6) is -0.417. The molecule has 0 fully saturated rings. The van der Waals surface area contributed by atoms with Crippen molar-refractivity contribution in [2.24, 2.45) is 0 Å². The van der Waals surface area contributed by atoms with E-state index >= 15 is 0 Å². The molecule has 1 atom stereocenters. The predicted molar refractivity (Wildman–Crippen MR) is 132 cm³/mol. The van der Waals surface area contributed by atoms with Crippen molar-refractivity contribution >= 4 is 46.7 Å². The van der Waals surface area contributed by atoms with Gasteiger partial charge in [-0.2, -0.15) is 4.98 Å². The van der Waals surface area contributed by atoms with Crippen LogP contribution in [0.25, 0.3) is 5.70 Å². The zero-order chi connectivity index (χ0) is 23.8. The van der Waals surface area contributed by atoms with Crippen LogP contribution in [-0.4, -0.2) is 20.7 Å². The van der Waals surface area contributed by atoms with Crippen molar-refractivity contribution in [3.05, 3.63) is 111 Å². The Bertz CT molecular complexity index is 1390. The number of rotatable bonds is 4. The number of fused-ring (bicyclic) bond motifs is 1. The second kappa shape index (κ2) is 8.93. The van der Waals surface area contributed by atoms with Crippen molar-refractivity contribution in [3.63, 3.8) is 0 Å². The van der Waals surface area contributed by atoms with Crippen LogP contribution in [0.15, 0.2) is 72.8 Å². The minimum absolute atomic E-state index is 0.0799. The predicted octanol–water partition coefficient (Wildman–Crippen LogP) is 6.34. The summed E-state index contributed by atoms with van der Waals surface area (Å²) in [7, 11) is 0. The molecular formula is C25H18Cl2FN5O. The number of allylic oxidation sites excluding steroid dienone is 1. The Balaban J connectivity index is 1.55. The second-order valence-corrected chi connectivity index (χ2v) is 8.66. The van der Waals surface area contributed by atoms with Crippen LogP contribution in [0.5, 0.6) is 0 Å². The average molecular weight is 494 g/mol. The largest absolute Gasteiger partial charge is 0.324 e. The van der Waals surface area contributed by atoms with E-state index in [0.717, 1.165) is 11.1 Å². The molecule has 0 unspecified atom stereocenters. The van der Waals surface area contributed by atoms with E-state index in [2.05, 4.69) is 20.7 Å². The van der Waals surface area contributed by atoms with Crippen LogP contribution in [0, 0.1) is 12.7 Å². The Morgan fingerprint density at radius 3 is 2.50 bits per heavy atom. The van der Waals surface area contributed by atoms with E-state index in [-0.39, 0.29) is 22.4 Å². The molecule has 34 heavy (non-hydrogen) atoms. The number of hydrogen-bond acceptors (Lipinski definition) is 4. The summed E-state index contributed by atoms with van der Waals surface area (Å²) in [6.07, 6.45) is 1.81. The number of carbonyl (C=O) groups excluding carboxylic acids is 1. The summed E-state index contributed by atoms with van der Waals surface area (Å²) < 4.78 is 16.4. The van der Waals surface area contributed by atoms with Crippen molar-refractivity contribution in [1.29, 1.82) is 0 Å². The standard InChI is InChI=1S/C25H18Cl2FN5O/c1-14-5-7-16(8-6-14)23(34)30-24-31-25-29-20(15-9-11-17(26)12-10-15)13-21(33(25)32-24)22-18(27)3-2-4-19(22)28/h2-13,21H,1H3,(H2,29,30,31,32,34)/t21-/m1/s1. The Morgan fingerprint density at radius 1 is 1.06 bits per heavy atom. The van der Waals surface area contributed by atoms with Crippen LogP contribution in [0.2, 0.25) is 10.0 Å². The Kier molecular flexibility index (Phi) is 5.81. The van der Waals surface area contributed by atoms with Gasteiger partial charge in [0, 0.05) is 26.9 Å². The number of amides is 1. The first-order valence-electron chi connectivity index (χ1n) is 10.4. The third kappa shape index (κ3) is 4.27. The fraction of sp³-hybridized carbons (Fsp3) is 0.0800. The van der Waals surface area contributed by atoms with E-state index in [1.54, 1.807) is 42.5 Å². The first kappa shape index (κ1) is 22.1. The number of anilines is 2. The summed E-state index contributed by atoms with van der Waals surface area (Å²) in [6.45, 7) is 1.94. The fourth-order valence-corrected chi connectivity index (χ4v) is 4.12. The molecular weight excluding hydrogens is 476 g/mol. The lowest BCUT2D eigenvalue weighted by Crippen LogP contribution is -2.21. The Labute approximate surface area is 205 Å². The van der Waals surface area contributed by atoms with Crippen molar-refractivity contribution in [3.8, 4) is 0 Å². The van der Waals surface area contributed by atoms with Gasteiger partial charge in [-0.1, -0.05) is 59.1 Å². The van der Waals surface area contributed by atoms with Gasteiger partial charge in [0.1, 0.15) is 11.9 Å². The molecule has 1 amide bonds. The molecule has 170 valence electrons. The van der Waals surface area contributed by atoms with Gasteiger partial charge in [-0.3, -0.25) is 10.1 Å². The number of halogens is 3. The Morgan fingerprint density at radius 2 is 1.79 bits per heavy atom. The molecule has 0 spiro atoms. The molecule has 2 N–H and O–H groups in total. The molecule has 6 nitrogen and oxygen atoms in total. The van der Waals surface area contributed by atoms with Crippen LogP contribution in [0.3, 0.4) is 0 Å². The lowest BCUT2D eigenvalue weighted by Gasteiger charge is -2.25. The highest BCUT2D eigenvalue weighted by molar-refractivity contribution is 6.31. The maximum atomic E-state index is 14.9. The summed E-state index contributed by atoms with van der Waals surface area (Å²) in [5.41, 5.74) is 3.26. The molecule has 0 aliphatic carbocycles. The number of benzene rings is 3. The van der Waals surface area contributed by atoms with Gasteiger partial charge in [0.15, 0.2) is 0 Å². The van der Waals surface area contributed by atoms with E-state index < -0.39 is 11.9 Å². The molecule has 1 aliphatic heterocycles. The number of aryl methyl sites for hydroxylation is 1. The third-order valence-electron chi connectivity index (χ3n) is 5.46.